The third-order valence-corrected chi connectivity index (χ3v) is 14.2. The maximum atomic E-state index is 6.60. The highest BCUT2D eigenvalue weighted by Crippen LogP contribution is 2.63. The average Bonchev–Trinajstić information content (AvgIpc) is 4.06. The van der Waals surface area contributed by atoms with Gasteiger partial charge in [-0.25, -0.2) is 15.0 Å². The molecule has 0 N–H and O–H groups in total. The fourth-order valence-electron chi connectivity index (χ4n) is 11.0. The third kappa shape index (κ3) is 7.50. The van der Waals surface area contributed by atoms with Gasteiger partial charge in [0.2, 0.25) is 0 Å². The van der Waals surface area contributed by atoms with E-state index >= 15 is 0 Å². The lowest BCUT2D eigenvalue weighted by molar-refractivity contribution is 0.669. The third-order valence-electron chi connectivity index (χ3n) is 14.2. The predicted octanol–water partition coefficient (Wildman–Crippen LogP) is 18.3. The Morgan fingerprint density at radius 3 is 1.89 bits per heavy atom. The van der Waals surface area contributed by atoms with Crippen LogP contribution >= 0.6 is 0 Å². The zero-order valence-corrected chi connectivity index (χ0v) is 41.4. The molecule has 0 saturated carbocycles. The Balaban J connectivity index is 0.00000277. The molecule has 4 nitrogen and oxygen atoms in total. The minimum atomic E-state index is -0.401. The summed E-state index contributed by atoms with van der Waals surface area (Å²) < 4.78 is 6.60. The Morgan fingerprint density at radius 2 is 1.14 bits per heavy atom. The van der Waals surface area contributed by atoms with Gasteiger partial charge in [0.25, 0.3) is 0 Å². The van der Waals surface area contributed by atoms with Crippen LogP contribution in [0.5, 0.6) is 0 Å². The van der Waals surface area contributed by atoms with Gasteiger partial charge < -0.3 is 4.42 Å². The first-order valence-corrected chi connectivity index (χ1v) is 25.2. The number of benzene rings is 8. The zero-order chi connectivity index (χ0) is 49.3. The number of hydrogen-bond acceptors (Lipinski definition) is 4. The van der Waals surface area contributed by atoms with E-state index < -0.39 is 5.41 Å². The molecule has 1 spiro atoms. The SMILES string of the molecule is C=C/C(=C\C=C/C)c1ccc(-c2nc(-c3ccccc3)nc(-c3cccc4oc5ccc(-c6cccc(-c7cccc8c7-c7ccccc7C87C(/C=C\CC)=C(C)c8ccccc87)c6)cc5c34)n2)cc1.CC. The highest BCUT2D eigenvalue weighted by molar-refractivity contribution is 6.13. The van der Waals surface area contributed by atoms with E-state index in [0.29, 0.717) is 17.5 Å². The monoisotopic (exact) mass is 929 g/mol. The lowest BCUT2D eigenvalue weighted by atomic mass is 9.69. The van der Waals surface area contributed by atoms with Crippen molar-refractivity contribution in [3.05, 3.63) is 258 Å². The Morgan fingerprint density at radius 1 is 0.556 bits per heavy atom. The van der Waals surface area contributed by atoms with Gasteiger partial charge in [-0.3, -0.25) is 0 Å². The molecule has 2 aromatic heterocycles. The standard InChI is InChI=1S/C66H49N3O.C2H6/c1-5-8-20-43(7-3)44-34-36-46(37-35-44)64-67-63(45-21-11-10-12-22-45)68-65(69-64)53-28-19-33-60-62(53)54-41-48(38-39-59(54)70-60)47-23-17-24-49(40-47)51-27-18-32-58-61(51)52-26-14-16-31-57(52)66(58)55(29-9-6-2)42(4)50-25-13-15-30-56(50)66;1-2/h5,7-41H,3,6H2,1-2,4H3;1-2H3/b8-5-,29-9-,43-20+;. The number of rotatable bonds is 10. The molecule has 2 aliphatic carbocycles. The van der Waals surface area contributed by atoms with Crippen LogP contribution in [0.2, 0.25) is 0 Å². The average molecular weight is 930 g/mol. The summed E-state index contributed by atoms with van der Waals surface area (Å²) in [6.07, 6.45) is 13.6. The lowest BCUT2D eigenvalue weighted by Gasteiger charge is -2.31. The Labute approximate surface area is 422 Å². The van der Waals surface area contributed by atoms with Gasteiger partial charge in [-0.2, -0.15) is 0 Å². The van der Waals surface area contributed by atoms with Crippen LogP contribution in [0.4, 0.5) is 0 Å². The Kier molecular flexibility index (Phi) is 12.2. The first-order chi connectivity index (χ1) is 35.5. The molecule has 0 aliphatic heterocycles. The minimum absolute atomic E-state index is 0.401. The summed E-state index contributed by atoms with van der Waals surface area (Å²) in [5, 5.41) is 1.96. The molecule has 8 aromatic carbocycles. The molecule has 1 unspecified atom stereocenters. The summed E-state index contributed by atoms with van der Waals surface area (Å²) in [7, 11) is 0. The molecule has 0 amide bonds. The number of allylic oxidation sites excluding steroid dienone is 9. The molecule has 0 saturated heterocycles. The second kappa shape index (κ2) is 19.2. The van der Waals surface area contributed by atoms with Gasteiger partial charge in [0, 0.05) is 27.5 Å². The topological polar surface area (TPSA) is 51.8 Å². The molecule has 0 fully saturated rings. The van der Waals surface area contributed by atoms with Gasteiger partial charge in [0.1, 0.15) is 11.2 Å². The van der Waals surface area contributed by atoms with E-state index in [2.05, 4.69) is 178 Å². The van der Waals surface area contributed by atoms with Crippen molar-refractivity contribution in [2.45, 2.75) is 46.5 Å². The highest BCUT2D eigenvalue weighted by Gasteiger charge is 2.52. The molecule has 0 radical (unpaired) electrons. The minimum Gasteiger partial charge on any atom is -0.456 e. The molecule has 1 atom stereocenters. The fourth-order valence-corrected chi connectivity index (χ4v) is 11.0. The van der Waals surface area contributed by atoms with Crippen LogP contribution in [-0.4, -0.2) is 15.0 Å². The van der Waals surface area contributed by atoms with Gasteiger partial charge >= 0.3 is 0 Å². The molecule has 10 aromatic rings. The van der Waals surface area contributed by atoms with Gasteiger partial charge in [0.05, 0.1) is 5.41 Å². The van der Waals surface area contributed by atoms with Crippen molar-refractivity contribution < 1.29 is 4.42 Å². The van der Waals surface area contributed by atoms with Crippen LogP contribution in [0.15, 0.2) is 235 Å². The summed E-state index contributed by atoms with van der Waals surface area (Å²) in [4.78, 5) is 15.4. The van der Waals surface area contributed by atoms with Crippen LogP contribution in [0, 0.1) is 0 Å². The molecule has 12 rings (SSSR count). The molecule has 0 bridgehead atoms. The summed E-state index contributed by atoms with van der Waals surface area (Å²) in [5.74, 6) is 1.77. The highest BCUT2D eigenvalue weighted by atomic mass is 16.3. The van der Waals surface area contributed by atoms with Crippen molar-refractivity contribution in [2.24, 2.45) is 0 Å². The normalized spacial score (nSPS) is 14.8. The number of aromatic nitrogens is 3. The van der Waals surface area contributed by atoms with E-state index in [4.69, 9.17) is 19.4 Å². The van der Waals surface area contributed by atoms with E-state index in [-0.39, 0.29) is 0 Å². The van der Waals surface area contributed by atoms with Gasteiger partial charge in [-0.15, -0.1) is 0 Å². The number of fused-ring (bicyclic) bond motifs is 10. The predicted molar refractivity (Wildman–Crippen MR) is 302 cm³/mol. The van der Waals surface area contributed by atoms with E-state index in [0.717, 1.165) is 67.3 Å². The summed E-state index contributed by atoms with van der Waals surface area (Å²) in [6, 6.07) is 65.1. The molecular weight excluding hydrogens is 875 g/mol. The van der Waals surface area contributed by atoms with E-state index in [9.17, 15) is 0 Å². The van der Waals surface area contributed by atoms with Crippen LogP contribution in [0.25, 0.3) is 101 Å². The molecule has 2 heterocycles. The quantitative estimate of drug-likeness (QED) is 0.128. The van der Waals surface area contributed by atoms with Crippen molar-refractivity contribution >= 4 is 33.1 Å². The van der Waals surface area contributed by atoms with Gasteiger partial charge in [-0.1, -0.05) is 222 Å². The zero-order valence-electron chi connectivity index (χ0n) is 41.4. The summed E-state index contributed by atoms with van der Waals surface area (Å²) >= 11 is 0. The van der Waals surface area contributed by atoms with Crippen molar-refractivity contribution in [1.29, 1.82) is 0 Å². The van der Waals surface area contributed by atoms with E-state index in [1.54, 1.807) is 0 Å². The maximum absolute atomic E-state index is 6.60. The largest absolute Gasteiger partial charge is 0.456 e. The van der Waals surface area contributed by atoms with Crippen LogP contribution in [0.1, 0.15) is 68.9 Å². The summed E-state index contributed by atoms with van der Waals surface area (Å²) in [6.45, 7) is 14.6. The van der Waals surface area contributed by atoms with Crippen molar-refractivity contribution in [1.82, 2.24) is 15.0 Å². The molecule has 72 heavy (non-hydrogen) atoms. The molecule has 348 valence electrons. The van der Waals surface area contributed by atoms with Crippen molar-refractivity contribution in [3.8, 4) is 67.5 Å². The first kappa shape index (κ1) is 45.7. The van der Waals surface area contributed by atoms with Gasteiger partial charge in [-0.05, 0) is 122 Å². The fraction of sp³-hybridized carbons (Fsp3) is 0.103. The summed E-state index contributed by atoms with van der Waals surface area (Å²) in [5.41, 5.74) is 21.2. The van der Waals surface area contributed by atoms with Gasteiger partial charge in [0.15, 0.2) is 17.5 Å². The van der Waals surface area contributed by atoms with Crippen molar-refractivity contribution in [3.63, 3.8) is 0 Å². The number of furan rings is 1. The number of hydrogen-bond donors (Lipinski definition) is 0. The maximum Gasteiger partial charge on any atom is 0.164 e. The van der Waals surface area contributed by atoms with Crippen molar-refractivity contribution in [2.75, 3.05) is 0 Å². The van der Waals surface area contributed by atoms with Crippen LogP contribution in [0.3, 0.4) is 0 Å². The molecular formula is C68H55N3O. The molecule has 4 heteroatoms. The Bertz CT molecular complexity index is 3850. The van der Waals surface area contributed by atoms with E-state index in [1.807, 2.05) is 81.5 Å². The van der Waals surface area contributed by atoms with E-state index in [1.165, 1.54) is 55.7 Å². The lowest BCUT2D eigenvalue weighted by Crippen LogP contribution is -2.26. The second-order valence-electron chi connectivity index (χ2n) is 18.1. The van der Waals surface area contributed by atoms with Crippen LogP contribution in [-0.2, 0) is 5.41 Å². The second-order valence-corrected chi connectivity index (χ2v) is 18.1. The molecule has 2 aliphatic rings. The number of nitrogens with zero attached hydrogens (tertiary/aromatic N) is 3. The first-order valence-electron chi connectivity index (χ1n) is 25.2. The smallest absolute Gasteiger partial charge is 0.164 e. The van der Waals surface area contributed by atoms with Crippen LogP contribution < -0.4 is 0 Å². The Hall–Kier alpha value is -8.73.